The van der Waals surface area contributed by atoms with Crippen LogP contribution in [0, 0.1) is 17.8 Å². The molecular weight excluding hydrogens is 702 g/mol. The highest BCUT2D eigenvalue weighted by molar-refractivity contribution is 9.12. The molecule has 0 radical (unpaired) electrons. The van der Waals surface area contributed by atoms with Gasteiger partial charge in [0.2, 0.25) is 11.8 Å². The van der Waals surface area contributed by atoms with Crippen molar-refractivity contribution in [2.24, 2.45) is 17.8 Å². The Morgan fingerprint density at radius 2 is 1.70 bits per heavy atom. The standard InChI is InChI=1S/C40H34BrNO8/c1-4-50-33-7-5-6-26(38(33)45)34-25-15-16-27-35(28(25)19-29-36(34)31(43)20-30(41)37(29)44)40(47)42(39(27)46)23-12-9-21(10-13-23)8-11-22-18-24(48-2)14-17-32(22)49-3/h5-15,17-18,20,27-28,34-35,45H,4,16,19H2,1-3H3. The third-order valence-electron chi connectivity index (χ3n) is 10.0. The minimum Gasteiger partial charge on any atom is -0.504 e. The smallest absolute Gasteiger partial charge is 0.238 e. The van der Waals surface area contributed by atoms with E-state index in [4.69, 9.17) is 14.2 Å². The van der Waals surface area contributed by atoms with E-state index >= 15 is 0 Å². The van der Waals surface area contributed by atoms with E-state index in [1.165, 1.54) is 11.0 Å². The third-order valence-corrected chi connectivity index (χ3v) is 10.6. The number of phenols is 1. The first-order valence-corrected chi connectivity index (χ1v) is 17.2. The molecule has 3 aromatic rings. The average molecular weight is 737 g/mol. The number of benzene rings is 3. The Labute approximate surface area is 297 Å². The summed E-state index contributed by atoms with van der Waals surface area (Å²) >= 11 is 3.26. The van der Waals surface area contributed by atoms with E-state index < -0.39 is 23.7 Å². The number of carbonyl (C=O) groups is 4. The summed E-state index contributed by atoms with van der Waals surface area (Å²) in [6.07, 6.45) is 7.41. The maximum Gasteiger partial charge on any atom is 0.238 e. The van der Waals surface area contributed by atoms with Crippen molar-refractivity contribution in [3.8, 4) is 23.0 Å². The van der Waals surface area contributed by atoms with Gasteiger partial charge in [0.1, 0.15) is 11.5 Å². The number of hydrogen-bond donors (Lipinski definition) is 1. The largest absolute Gasteiger partial charge is 0.504 e. The van der Waals surface area contributed by atoms with Gasteiger partial charge in [-0.05, 0) is 83.6 Å². The molecule has 1 aliphatic heterocycles. The Morgan fingerprint density at radius 1 is 0.920 bits per heavy atom. The third kappa shape index (κ3) is 5.48. The Kier molecular flexibility index (Phi) is 8.82. The summed E-state index contributed by atoms with van der Waals surface area (Å²) in [6.45, 7) is 2.12. The molecule has 1 fully saturated rings. The lowest BCUT2D eigenvalue weighted by molar-refractivity contribution is -0.123. The fraction of sp³-hybridized carbons (Fsp3) is 0.250. The van der Waals surface area contributed by atoms with Gasteiger partial charge in [-0.15, -0.1) is 0 Å². The number of para-hydroxylation sites is 1. The van der Waals surface area contributed by atoms with Crippen LogP contribution < -0.4 is 19.1 Å². The molecule has 4 atom stereocenters. The predicted octanol–water partition coefficient (Wildman–Crippen LogP) is 6.95. The monoisotopic (exact) mass is 735 g/mol. The number of rotatable bonds is 8. The SMILES string of the molecule is CCOc1cccc(C2C3=CCC4C(=O)N(c5ccc(C=Cc6cc(OC)ccc6OC)cc5)C(=O)C4C3CC3=C2C(=O)C=C(Br)C3=O)c1O. The minimum atomic E-state index is -0.787. The van der Waals surface area contributed by atoms with E-state index in [2.05, 4.69) is 15.9 Å². The van der Waals surface area contributed by atoms with Crippen LogP contribution in [0.2, 0.25) is 0 Å². The number of halogens is 1. The van der Waals surface area contributed by atoms with E-state index in [0.717, 1.165) is 16.7 Å². The number of aromatic hydroxyl groups is 1. The van der Waals surface area contributed by atoms with Crippen molar-refractivity contribution >= 4 is 57.2 Å². The Bertz CT molecular complexity index is 2070. The van der Waals surface area contributed by atoms with Crippen molar-refractivity contribution in [1.82, 2.24) is 0 Å². The van der Waals surface area contributed by atoms with Gasteiger partial charge >= 0.3 is 0 Å². The molecule has 3 aliphatic carbocycles. The zero-order valence-corrected chi connectivity index (χ0v) is 29.2. The van der Waals surface area contributed by atoms with E-state index in [-0.39, 0.29) is 57.8 Å². The maximum absolute atomic E-state index is 14.3. The van der Waals surface area contributed by atoms with Gasteiger partial charge in [-0.3, -0.25) is 24.1 Å². The van der Waals surface area contributed by atoms with Crippen molar-refractivity contribution in [1.29, 1.82) is 0 Å². The average Bonchev–Trinajstić information content (AvgIpc) is 3.39. The highest BCUT2D eigenvalue weighted by Gasteiger charge is 2.57. The molecular formula is C40H34BrNO8. The van der Waals surface area contributed by atoms with Crippen LogP contribution >= 0.6 is 15.9 Å². The van der Waals surface area contributed by atoms with E-state index in [1.54, 1.807) is 51.5 Å². The number of carbonyl (C=O) groups excluding carboxylic acids is 4. The van der Waals surface area contributed by atoms with Gasteiger partial charge < -0.3 is 19.3 Å². The van der Waals surface area contributed by atoms with Crippen molar-refractivity contribution in [2.75, 3.05) is 25.7 Å². The maximum atomic E-state index is 14.3. The summed E-state index contributed by atoms with van der Waals surface area (Å²) < 4.78 is 16.6. The number of hydrogen-bond acceptors (Lipinski definition) is 8. The van der Waals surface area contributed by atoms with Crippen molar-refractivity contribution in [3.05, 3.63) is 111 Å². The zero-order valence-electron chi connectivity index (χ0n) is 27.6. The summed E-state index contributed by atoms with van der Waals surface area (Å²) in [5, 5.41) is 11.4. The quantitative estimate of drug-likeness (QED) is 0.114. The topological polar surface area (TPSA) is 119 Å². The second-order valence-corrected chi connectivity index (χ2v) is 13.4. The second-order valence-electron chi connectivity index (χ2n) is 12.6. The number of nitrogens with zero attached hydrogens (tertiary/aromatic N) is 1. The minimum absolute atomic E-state index is 0.127. The lowest BCUT2D eigenvalue weighted by Crippen LogP contribution is -2.39. The van der Waals surface area contributed by atoms with Gasteiger partial charge in [0.15, 0.2) is 23.1 Å². The Hall–Kier alpha value is -5.22. The van der Waals surface area contributed by atoms with Crippen LogP contribution in [0.15, 0.2) is 94.0 Å². The molecule has 4 aliphatic rings. The number of anilines is 1. The number of Topliss-reactive ketones (excluding diaryl/α,β-unsaturated/α-hetero) is 1. The van der Waals surface area contributed by atoms with E-state index in [0.29, 0.717) is 34.9 Å². The second kappa shape index (κ2) is 13.2. The molecule has 4 unspecified atom stereocenters. The van der Waals surface area contributed by atoms with Gasteiger partial charge in [0.05, 0.1) is 42.8 Å². The molecule has 1 heterocycles. The number of imide groups is 1. The van der Waals surface area contributed by atoms with Crippen LogP contribution in [0.1, 0.15) is 42.4 Å². The molecule has 0 spiro atoms. The molecule has 9 nitrogen and oxygen atoms in total. The highest BCUT2D eigenvalue weighted by Crippen LogP contribution is 2.57. The molecule has 254 valence electrons. The molecule has 0 saturated carbocycles. The first-order valence-electron chi connectivity index (χ1n) is 16.4. The highest BCUT2D eigenvalue weighted by atomic mass is 79.9. The molecule has 0 aromatic heterocycles. The fourth-order valence-corrected chi connectivity index (χ4v) is 8.20. The lowest BCUT2D eigenvalue weighted by atomic mass is 9.59. The predicted molar refractivity (Wildman–Crippen MR) is 191 cm³/mol. The number of methoxy groups -OCH3 is 2. The van der Waals surface area contributed by atoms with Gasteiger partial charge in [-0.25, -0.2) is 0 Å². The van der Waals surface area contributed by atoms with E-state index in [9.17, 15) is 24.3 Å². The molecule has 7 rings (SSSR count). The summed E-state index contributed by atoms with van der Waals surface area (Å²) in [4.78, 5) is 56.7. The molecule has 0 bridgehead atoms. The molecule has 50 heavy (non-hydrogen) atoms. The normalized spacial score (nSPS) is 23.0. The molecule has 3 aromatic carbocycles. The van der Waals surface area contributed by atoms with Crippen LogP contribution in [0.3, 0.4) is 0 Å². The van der Waals surface area contributed by atoms with Crippen LogP contribution in [-0.2, 0) is 19.2 Å². The number of phenolic OH excluding ortho intramolecular Hbond substituents is 1. The van der Waals surface area contributed by atoms with Gasteiger partial charge in [-0.1, -0.05) is 48.1 Å². The molecule has 1 saturated heterocycles. The van der Waals surface area contributed by atoms with Crippen LogP contribution in [0.5, 0.6) is 23.0 Å². The van der Waals surface area contributed by atoms with Gasteiger partial charge in [0.25, 0.3) is 0 Å². The van der Waals surface area contributed by atoms with E-state index in [1.807, 2.05) is 48.6 Å². The zero-order chi connectivity index (χ0) is 35.3. The number of allylic oxidation sites excluding steroid dienone is 6. The molecule has 10 heteroatoms. The summed E-state index contributed by atoms with van der Waals surface area (Å²) in [5.74, 6) is -2.51. The number of ether oxygens (including phenoxy) is 3. The van der Waals surface area contributed by atoms with Crippen LogP contribution in [0.25, 0.3) is 12.2 Å². The summed E-state index contributed by atoms with van der Waals surface area (Å²) in [7, 11) is 3.20. The Balaban J connectivity index is 1.22. The van der Waals surface area contributed by atoms with Crippen molar-refractivity contribution in [2.45, 2.75) is 25.7 Å². The molecule has 2 amide bonds. The summed E-state index contributed by atoms with van der Waals surface area (Å²) in [6, 6.07) is 17.8. The van der Waals surface area contributed by atoms with Gasteiger partial charge in [-0.2, -0.15) is 0 Å². The van der Waals surface area contributed by atoms with Crippen molar-refractivity contribution in [3.63, 3.8) is 0 Å². The first-order chi connectivity index (χ1) is 24.2. The Morgan fingerprint density at radius 3 is 2.42 bits per heavy atom. The number of ketones is 2. The van der Waals surface area contributed by atoms with Crippen LogP contribution in [0.4, 0.5) is 5.69 Å². The number of amides is 2. The fourth-order valence-electron chi connectivity index (χ4n) is 7.75. The molecule has 1 N–H and O–H groups in total. The lowest BCUT2D eigenvalue weighted by Gasteiger charge is -2.42. The number of fused-ring (bicyclic) bond motifs is 3. The van der Waals surface area contributed by atoms with Gasteiger partial charge in [0, 0.05) is 34.3 Å². The summed E-state index contributed by atoms with van der Waals surface area (Å²) in [5.41, 5.74) is 3.87. The first kappa shape index (κ1) is 33.3. The van der Waals surface area contributed by atoms with Crippen molar-refractivity contribution < 1.29 is 38.5 Å². The van der Waals surface area contributed by atoms with Crippen LogP contribution in [-0.4, -0.2) is 49.3 Å².